The lowest BCUT2D eigenvalue weighted by atomic mass is 10.1. The van der Waals surface area contributed by atoms with Crippen molar-refractivity contribution in [2.75, 3.05) is 17.2 Å². The minimum absolute atomic E-state index is 0.248. The Morgan fingerprint density at radius 3 is 2.49 bits per heavy atom. The predicted octanol–water partition coefficient (Wildman–Crippen LogP) is 4.92. The molecule has 43 heavy (non-hydrogen) atoms. The van der Waals surface area contributed by atoms with Gasteiger partial charge in [0.15, 0.2) is 0 Å². The fraction of sp³-hybridized carbons (Fsp3) is 0.448. The summed E-state index contributed by atoms with van der Waals surface area (Å²) in [5.74, 6) is 0.320. The highest BCUT2D eigenvalue weighted by atomic mass is 32.1. The highest BCUT2D eigenvalue weighted by Crippen LogP contribution is 2.42. The smallest absolute Gasteiger partial charge is 0.406 e. The Morgan fingerprint density at radius 1 is 1.09 bits per heavy atom. The highest BCUT2D eigenvalue weighted by molar-refractivity contribution is 7.21. The highest BCUT2D eigenvalue weighted by Gasteiger charge is 2.41. The molecule has 0 spiro atoms. The van der Waals surface area contributed by atoms with Gasteiger partial charge in [-0.1, -0.05) is 12.1 Å². The van der Waals surface area contributed by atoms with Crippen LogP contribution in [0.15, 0.2) is 36.5 Å². The number of aliphatic hydroxyl groups excluding tert-OH is 3. The Hall–Kier alpha value is -3.59. The molecule has 0 saturated heterocycles. The van der Waals surface area contributed by atoms with Gasteiger partial charge >= 0.3 is 6.36 Å². The molecule has 4 aromatic rings. The quantitative estimate of drug-likeness (QED) is 0.176. The number of aryl methyl sites for hydroxylation is 1. The van der Waals surface area contributed by atoms with Gasteiger partial charge in [0.05, 0.1) is 40.3 Å². The summed E-state index contributed by atoms with van der Waals surface area (Å²) in [6, 6.07) is 6.62. The SMILES string of the molecule is Cc1nc(NC(C)c2ccc(OC(F)(F)F)cc2)nc(NC2CC(CO)C(O)C2O)c1-c1nc2cnc(C3CC3)cc2s1. The van der Waals surface area contributed by atoms with Gasteiger partial charge in [0.2, 0.25) is 5.95 Å². The molecule has 228 valence electrons. The largest absolute Gasteiger partial charge is 0.573 e. The Labute approximate surface area is 249 Å². The number of ether oxygens (including phenoxy) is 1. The maximum Gasteiger partial charge on any atom is 0.573 e. The van der Waals surface area contributed by atoms with E-state index >= 15 is 0 Å². The summed E-state index contributed by atoms with van der Waals surface area (Å²) in [7, 11) is 0. The summed E-state index contributed by atoms with van der Waals surface area (Å²) in [5, 5.41) is 38.0. The fourth-order valence-electron chi connectivity index (χ4n) is 5.41. The number of aromatic nitrogens is 4. The van der Waals surface area contributed by atoms with E-state index in [4.69, 9.17) is 9.97 Å². The van der Waals surface area contributed by atoms with Crippen LogP contribution in [0.1, 0.15) is 55.1 Å². The lowest BCUT2D eigenvalue weighted by Gasteiger charge is -2.22. The number of rotatable bonds is 9. The minimum Gasteiger partial charge on any atom is -0.406 e. The summed E-state index contributed by atoms with van der Waals surface area (Å²) >= 11 is 1.49. The predicted molar refractivity (Wildman–Crippen MR) is 155 cm³/mol. The number of fused-ring (bicyclic) bond motifs is 1. The molecule has 0 amide bonds. The summed E-state index contributed by atoms with van der Waals surface area (Å²) in [6.07, 6.45) is -2.64. The van der Waals surface area contributed by atoms with Crippen LogP contribution in [0.2, 0.25) is 0 Å². The van der Waals surface area contributed by atoms with Crippen molar-refractivity contribution in [3.8, 4) is 16.3 Å². The van der Waals surface area contributed by atoms with Crippen LogP contribution in [-0.4, -0.2) is 66.5 Å². The van der Waals surface area contributed by atoms with Crippen LogP contribution in [0.5, 0.6) is 5.75 Å². The first kappa shape index (κ1) is 29.5. The number of thiazole rings is 1. The number of halogens is 3. The van der Waals surface area contributed by atoms with Crippen molar-refractivity contribution in [3.05, 3.63) is 53.5 Å². The molecule has 10 nitrogen and oxygen atoms in total. The van der Waals surface area contributed by atoms with Gasteiger partial charge < -0.3 is 30.7 Å². The van der Waals surface area contributed by atoms with Crippen molar-refractivity contribution in [2.45, 2.75) is 69.7 Å². The number of anilines is 2. The monoisotopic (exact) mass is 616 g/mol. The second-order valence-electron chi connectivity index (χ2n) is 11.1. The molecule has 0 bridgehead atoms. The second-order valence-corrected chi connectivity index (χ2v) is 12.2. The number of nitrogens with one attached hydrogen (secondary N) is 2. The second kappa shape index (κ2) is 11.5. The van der Waals surface area contributed by atoms with E-state index in [0.717, 1.165) is 28.8 Å². The fourth-order valence-corrected chi connectivity index (χ4v) is 6.49. The molecule has 5 unspecified atom stereocenters. The summed E-state index contributed by atoms with van der Waals surface area (Å²) in [4.78, 5) is 18.8. The van der Waals surface area contributed by atoms with Crippen LogP contribution in [0, 0.1) is 12.8 Å². The van der Waals surface area contributed by atoms with Crippen molar-refractivity contribution in [1.29, 1.82) is 0 Å². The molecular formula is C29H31F3N6O4S. The van der Waals surface area contributed by atoms with Crippen molar-refractivity contribution >= 4 is 33.3 Å². The van der Waals surface area contributed by atoms with E-state index in [9.17, 15) is 28.5 Å². The van der Waals surface area contributed by atoms with Gasteiger partial charge in [-0.05, 0) is 56.9 Å². The van der Waals surface area contributed by atoms with Gasteiger partial charge in [0, 0.05) is 24.1 Å². The average molecular weight is 617 g/mol. The van der Waals surface area contributed by atoms with E-state index in [-0.39, 0.29) is 24.3 Å². The third-order valence-corrected chi connectivity index (χ3v) is 8.95. The zero-order chi connectivity index (χ0) is 30.5. The first-order valence-corrected chi connectivity index (χ1v) is 14.8. The van der Waals surface area contributed by atoms with Crippen LogP contribution in [-0.2, 0) is 0 Å². The van der Waals surface area contributed by atoms with E-state index in [1.54, 1.807) is 6.20 Å². The molecule has 3 heterocycles. The number of hydrogen-bond acceptors (Lipinski definition) is 11. The maximum atomic E-state index is 12.6. The average Bonchev–Trinajstić information content (AvgIpc) is 3.66. The van der Waals surface area contributed by atoms with E-state index in [2.05, 4.69) is 31.4 Å². The third kappa shape index (κ3) is 6.37. The number of hydrogen-bond donors (Lipinski definition) is 5. The number of pyridine rings is 1. The Bertz CT molecular complexity index is 1610. The molecule has 5 N–H and O–H groups in total. The van der Waals surface area contributed by atoms with Crippen molar-refractivity contribution in [1.82, 2.24) is 19.9 Å². The third-order valence-electron chi connectivity index (χ3n) is 7.91. The molecule has 2 saturated carbocycles. The lowest BCUT2D eigenvalue weighted by molar-refractivity contribution is -0.274. The van der Waals surface area contributed by atoms with E-state index < -0.39 is 30.5 Å². The topological polar surface area (TPSA) is 146 Å². The molecule has 3 aromatic heterocycles. The zero-order valence-electron chi connectivity index (χ0n) is 23.3. The van der Waals surface area contributed by atoms with Gasteiger partial charge in [-0.2, -0.15) is 4.98 Å². The molecule has 2 aliphatic carbocycles. The van der Waals surface area contributed by atoms with E-state index in [0.29, 0.717) is 40.0 Å². The first-order valence-electron chi connectivity index (χ1n) is 14.0. The number of benzene rings is 1. The van der Waals surface area contributed by atoms with Crippen molar-refractivity contribution in [3.63, 3.8) is 0 Å². The van der Waals surface area contributed by atoms with E-state index in [1.165, 1.54) is 35.6 Å². The van der Waals surface area contributed by atoms with Crippen LogP contribution in [0.25, 0.3) is 20.8 Å². The Morgan fingerprint density at radius 2 is 1.84 bits per heavy atom. The molecule has 14 heteroatoms. The number of alkyl halides is 3. The van der Waals surface area contributed by atoms with Crippen molar-refractivity contribution < 1.29 is 33.2 Å². The van der Waals surface area contributed by atoms with Crippen LogP contribution in [0.4, 0.5) is 24.9 Å². The number of nitrogens with zero attached hydrogens (tertiary/aromatic N) is 4. The Balaban J connectivity index is 1.32. The minimum atomic E-state index is -4.78. The lowest BCUT2D eigenvalue weighted by Crippen LogP contribution is -2.35. The van der Waals surface area contributed by atoms with Crippen LogP contribution in [0.3, 0.4) is 0 Å². The molecular weight excluding hydrogens is 585 g/mol. The van der Waals surface area contributed by atoms with Crippen LogP contribution >= 0.6 is 11.3 Å². The van der Waals surface area contributed by atoms with Crippen LogP contribution < -0.4 is 15.4 Å². The summed E-state index contributed by atoms with van der Waals surface area (Å²) in [5.41, 5.74) is 3.72. The van der Waals surface area contributed by atoms with Gasteiger partial charge in [-0.15, -0.1) is 24.5 Å². The molecule has 0 aliphatic heterocycles. The Kier molecular flexibility index (Phi) is 7.87. The molecule has 1 aromatic carbocycles. The molecule has 0 radical (unpaired) electrons. The molecule has 2 aliphatic rings. The van der Waals surface area contributed by atoms with Gasteiger partial charge in [-0.3, -0.25) is 4.98 Å². The maximum absolute atomic E-state index is 12.6. The number of aliphatic hydroxyl groups is 3. The normalized spacial score (nSPS) is 23.0. The zero-order valence-corrected chi connectivity index (χ0v) is 24.2. The van der Waals surface area contributed by atoms with Gasteiger partial charge in [0.25, 0.3) is 0 Å². The van der Waals surface area contributed by atoms with Gasteiger partial charge in [0.1, 0.15) is 28.2 Å². The first-order chi connectivity index (χ1) is 20.5. The molecule has 6 rings (SSSR count). The summed E-state index contributed by atoms with van der Waals surface area (Å²) < 4.78 is 42.6. The summed E-state index contributed by atoms with van der Waals surface area (Å²) in [6.45, 7) is 3.37. The molecule has 2 fully saturated rings. The molecule has 5 atom stereocenters. The van der Waals surface area contributed by atoms with Gasteiger partial charge in [-0.25, -0.2) is 9.97 Å². The standard InChI is InChI=1S/C29H31F3N6O4S/c1-13(15-5-7-18(8-6-15)42-29(30,31)32)34-28-35-14(2)23(26(38-28)36-20-9-17(12-39)24(40)25(20)41)27-37-21-11-33-19(16-3-4-16)10-22(21)43-27/h5-8,10-11,13,16-17,20,24-25,39-41H,3-4,9,12H2,1-2H3,(H2,34,35,36,38). The van der Waals surface area contributed by atoms with Crippen molar-refractivity contribution in [2.24, 2.45) is 5.92 Å². The van der Waals surface area contributed by atoms with E-state index in [1.807, 2.05) is 13.8 Å².